The minimum absolute atomic E-state index is 0.0290. The molecule has 1 saturated carbocycles. The molecule has 0 atom stereocenters. The van der Waals surface area contributed by atoms with Gasteiger partial charge in [0.2, 0.25) is 5.13 Å². The highest BCUT2D eigenvalue weighted by molar-refractivity contribution is 7.15. The van der Waals surface area contributed by atoms with Crippen LogP contribution in [0.25, 0.3) is 0 Å². The number of benzene rings is 1. The fourth-order valence-electron chi connectivity index (χ4n) is 3.49. The highest BCUT2D eigenvalue weighted by atomic mass is 32.1. The molecule has 0 aliphatic heterocycles. The van der Waals surface area contributed by atoms with Gasteiger partial charge < -0.3 is 4.74 Å². The van der Waals surface area contributed by atoms with Crippen LogP contribution in [0.1, 0.15) is 73.9 Å². The van der Waals surface area contributed by atoms with Gasteiger partial charge in [-0.25, -0.2) is 0 Å². The summed E-state index contributed by atoms with van der Waals surface area (Å²) in [5.41, 5.74) is 2.48. The molecule has 1 amide bonds. The number of aryl methyl sites for hydroxylation is 1. The van der Waals surface area contributed by atoms with Crippen molar-refractivity contribution in [2.75, 3.05) is 11.9 Å². The number of ether oxygens (including phenoxy) is 1. The lowest BCUT2D eigenvalue weighted by molar-refractivity contribution is -0.118. The van der Waals surface area contributed by atoms with Crippen LogP contribution in [0, 0.1) is 6.92 Å². The van der Waals surface area contributed by atoms with Crippen LogP contribution in [-0.2, 0) is 4.79 Å². The molecular weight excluding hydrogens is 346 g/mol. The molecule has 26 heavy (non-hydrogen) atoms. The Morgan fingerprint density at radius 2 is 2.04 bits per heavy atom. The van der Waals surface area contributed by atoms with Gasteiger partial charge in [0, 0.05) is 5.92 Å². The van der Waals surface area contributed by atoms with Crippen molar-refractivity contribution in [2.45, 2.75) is 64.7 Å². The standard InChI is InChI=1S/C20H27N3O2S/c1-13(2)17-10-9-16(11-14(17)3)25-12-18(24)21-20-23-22-19(26-20)15-7-5-4-6-8-15/h9-11,13,15H,4-8,12H2,1-3H3,(H,21,23,24). The minimum atomic E-state index is -0.207. The van der Waals surface area contributed by atoms with E-state index in [0.717, 1.165) is 5.01 Å². The first-order valence-corrected chi connectivity index (χ1v) is 10.2. The van der Waals surface area contributed by atoms with Gasteiger partial charge in [0.25, 0.3) is 5.91 Å². The van der Waals surface area contributed by atoms with Crippen molar-refractivity contribution < 1.29 is 9.53 Å². The van der Waals surface area contributed by atoms with Gasteiger partial charge in [-0.3, -0.25) is 10.1 Å². The molecule has 1 fully saturated rings. The highest BCUT2D eigenvalue weighted by Crippen LogP contribution is 2.35. The highest BCUT2D eigenvalue weighted by Gasteiger charge is 2.20. The monoisotopic (exact) mass is 373 g/mol. The molecule has 0 spiro atoms. The van der Waals surface area contributed by atoms with Gasteiger partial charge in [-0.05, 0) is 48.9 Å². The summed E-state index contributed by atoms with van der Waals surface area (Å²) in [5.74, 6) is 1.48. The maximum atomic E-state index is 12.1. The number of carbonyl (C=O) groups is 1. The van der Waals surface area contributed by atoms with E-state index in [9.17, 15) is 4.79 Å². The molecule has 5 nitrogen and oxygen atoms in total. The zero-order valence-corrected chi connectivity index (χ0v) is 16.6. The van der Waals surface area contributed by atoms with Gasteiger partial charge in [-0.1, -0.05) is 50.5 Å². The summed E-state index contributed by atoms with van der Waals surface area (Å²) in [6.07, 6.45) is 6.19. The molecule has 1 aliphatic carbocycles. The van der Waals surface area contributed by atoms with Crippen molar-refractivity contribution >= 4 is 22.4 Å². The number of rotatable bonds is 6. The Labute approximate surface area is 159 Å². The van der Waals surface area contributed by atoms with E-state index in [1.165, 1.54) is 54.6 Å². The van der Waals surface area contributed by atoms with Gasteiger partial charge in [-0.15, -0.1) is 10.2 Å². The summed E-state index contributed by atoms with van der Waals surface area (Å²) < 4.78 is 5.62. The molecular formula is C20H27N3O2S. The third-order valence-corrected chi connectivity index (χ3v) is 5.88. The SMILES string of the molecule is Cc1cc(OCC(=O)Nc2nnc(C3CCCCC3)s2)ccc1C(C)C. The number of hydrogen-bond acceptors (Lipinski definition) is 5. The fourth-order valence-corrected chi connectivity index (χ4v) is 4.42. The van der Waals surface area contributed by atoms with E-state index >= 15 is 0 Å². The number of aromatic nitrogens is 2. The number of amides is 1. The van der Waals surface area contributed by atoms with Crippen molar-refractivity contribution in [2.24, 2.45) is 0 Å². The molecule has 1 aliphatic rings. The smallest absolute Gasteiger partial charge is 0.264 e. The second kappa shape index (κ2) is 8.62. The molecule has 3 rings (SSSR count). The average molecular weight is 374 g/mol. The Bertz CT molecular complexity index is 751. The van der Waals surface area contributed by atoms with E-state index in [0.29, 0.717) is 22.7 Å². The predicted octanol–water partition coefficient (Wildman–Crippen LogP) is 5.04. The van der Waals surface area contributed by atoms with E-state index in [1.807, 2.05) is 12.1 Å². The molecule has 0 bridgehead atoms. The van der Waals surface area contributed by atoms with Gasteiger partial charge >= 0.3 is 0 Å². The lowest BCUT2D eigenvalue weighted by Gasteiger charge is -2.18. The van der Waals surface area contributed by atoms with E-state index < -0.39 is 0 Å². The quantitative estimate of drug-likeness (QED) is 0.771. The van der Waals surface area contributed by atoms with Crippen LogP contribution in [0.3, 0.4) is 0 Å². The van der Waals surface area contributed by atoms with Gasteiger partial charge in [-0.2, -0.15) is 0 Å². The summed E-state index contributed by atoms with van der Waals surface area (Å²) in [5, 5.41) is 12.8. The van der Waals surface area contributed by atoms with Crippen LogP contribution >= 0.6 is 11.3 Å². The summed E-state index contributed by atoms with van der Waals surface area (Å²) in [4.78, 5) is 12.1. The summed E-state index contributed by atoms with van der Waals surface area (Å²) in [7, 11) is 0. The molecule has 0 radical (unpaired) electrons. The van der Waals surface area contributed by atoms with E-state index in [1.54, 1.807) is 0 Å². The van der Waals surface area contributed by atoms with Crippen LogP contribution in [0.4, 0.5) is 5.13 Å². The maximum Gasteiger partial charge on any atom is 0.264 e. The van der Waals surface area contributed by atoms with Crippen molar-refractivity contribution in [1.29, 1.82) is 0 Å². The third kappa shape index (κ3) is 4.81. The van der Waals surface area contributed by atoms with Crippen LogP contribution in [-0.4, -0.2) is 22.7 Å². The molecule has 0 saturated heterocycles. The Morgan fingerprint density at radius 3 is 2.73 bits per heavy atom. The summed E-state index contributed by atoms with van der Waals surface area (Å²) >= 11 is 1.49. The number of nitrogens with zero attached hydrogens (tertiary/aromatic N) is 2. The molecule has 1 aromatic carbocycles. The molecule has 2 aromatic rings. The number of anilines is 1. The maximum absolute atomic E-state index is 12.1. The lowest BCUT2D eigenvalue weighted by atomic mass is 9.90. The second-order valence-corrected chi connectivity index (χ2v) is 8.30. The van der Waals surface area contributed by atoms with Gasteiger partial charge in [0.15, 0.2) is 6.61 Å². The molecule has 1 heterocycles. The van der Waals surface area contributed by atoms with Crippen LogP contribution in [0.15, 0.2) is 18.2 Å². The van der Waals surface area contributed by atoms with E-state index in [-0.39, 0.29) is 12.5 Å². The van der Waals surface area contributed by atoms with Crippen molar-refractivity contribution in [1.82, 2.24) is 10.2 Å². The van der Waals surface area contributed by atoms with E-state index in [4.69, 9.17) is 4.74 Å². The topological polar surface area (TPSA) is 64.1 Å². The van der Waals surface area contributed by atoms with Crippen LogP contribution in [0.5, 0.6) is 5.75 Å². The van der Waals surface area contributed by atoms with Crippen LogP contribution in [0.2, 0.25) is 0 Å². The largest absolute Gasteiger partial charge is 0.484 e. The second-order valence-electron chi connectivity index (χ2n) is 7.29. The normalized spacial score (nSPS) is 15.2. The Balaban J connectivity index is 1.51. The zero-order valence-electron chi connectivity index (χ0n) is 15.7. The Morgan fingerprint density at radius 1 is 1.27 bits per heavy atom. The summed E-state index contributed by atoms with van der Waals surface area (Å²) in [6.45, 7) is 6.37. The van der Waals surface area contributed by atoms with Gasteiger partial charge in [0.05, 0.1) is 0 Å². The van der Waals surface area contributed by atoms with Gasteiger partial charge in [0.1, 0.15) is 10.8 Å². The molecule has 140 valence electrons. The first-order valence-electron chi connectivity index (χ1n) is 9.39. The Hall–Kier alpha value is -1.95. The first kappa shape index (κ1) is 18.8. The van der Waals surface area contributed by atoms with Crippen molar-refractivity contribution in [3.05, 3.63) is 34.3 Å². The average Bonchev–Trinajstić information content (AvgIpc) is 3.09. The van der Waals surface area contributed by atoms with Crippen molar-refractivity contribution in [3.8, 4) is 5.75 Å². The summed E-state index contributed by atoms with van der Waals surface area (Å²) in [6, 6.07) is 5.96. The lowest BCUT2D eigenvalue weighted by Crippen LogP contribution is -2.20. The fraction of sp³-hybridized carbons (Fsp3) is 0.550. The Kier molecular flexibility index (Phi) is 6.25. The zero-order chi connectivity index (χ0) is 18.5. The number of carbonyl (C=O) groups excluding carboxylic acids is 1. The van der Waals surface area contributed by atoms with E-state index in [2.05, 4.69) is 42.4 Å². The molecule has 1 aromatic heterocycles. The predicted molar refractivity (Wildman–Crippen MR) is 105 cm³/mol. The minimum Gasteiger partial charge on any atom is -0.484 e. The molecule has 1 N–H and O–H groups in total. The molecule has 6 heteroatoms. The number of nitrogens with one attached hydrogen (secondary N) is 1. The van der Waals surface area contributed by atoms with Crippen molar-refractivity contribution in [3.63, 3.8) is 0 Å². The van der Waals surface area contributed by atoms with Crippen LogP contribution < -0.4 is 10.1 Å². The number of hydrogen-bond donors (Lipinski definition) is 1. The first-order chi connectivity index (χ1) is 12.5. The molecule has 0 unspecified atom stereocenters. The third-order valence-electron chi connectivity index (χ3n) is 4.87.